The molecule has 0 saturated heterocycles. The SMILES string of the molecule is COc1ccc(/C=C2/C(=O)C=C3CCC[C@H](O)[C@@]3(C)[C@H]2C)c(OC)c1OC. The zero-order valence-electron chi connectivity index (χ0n) is 16.7. The molecule has 0 bridgehead atoms. The van der Waals surface area contributed by atoms with Gasteiger partial charge in [0.15, 0.2) is 17.3 Å². The van der Waals surface area contributed by atoms with Gasteiger partial charge in [0.2, 0.25) is 5.75 Å². The molecule has 1 aromatic carbocycles. The molecule has 1 saturated carbocycles. The molecule has 146 valence electrons. The Labute approximate surface area is 160 Å². The maximum absolute atomic E-state index is 12.9. The topological polar surface area (TPSA) is 65.0 Å². The van der Waals surface area contributed by atoms with Gasteiger partial charge < -0.3 is 19.3 Å². The smallest absolute Gasteiger partial charge is 0.203 e. The number of aliphatic hydroxyl groups excluding tert-OH is 1. The van der Waals surface area contributed by atoms with Gasteiger partial charge in [0.25, 0.3) is 0 Å². The average molecular weight is 372 g/mol. The van der Waals surface area contributed by atoms with E-state index in [2.05, 4.69) is 6.92 Å². The number of carbonyl (C=O) groups excluding carboxylic acids is 1. The van der Waals surface area contributed by atoms with Crippen LogP contribution in [0.1, 0.15) is 38.7 Å². The summed E-state index contributed by atoms with van der Waals surface area (Å²) in [6.07, 6.45) is 5.69. The largest absolute Gasteiger partial charge is 0.493 e. The Morgan fingerprint density at radius 3 is 2.48 bits per heavy atom. The highest BCUT2D eigenvalue weighted by atomic mass is 16.5. The van der Waals surface area contributed by atoms with Crippen molar-refractivity contribution in [3.8, 4) is 17.2 Å². The fraction of sp³-hybridized carbons (Fsp3) is 0.500. The van der Waals surface area contributed by atoms with Crippen LogP contribution in [-0.4, -0.2) is 38.3 Å². The van der Waals surface area contributed by atoms with Crippen molar-refractivity contribution in [1.82, 2.24) is 0 Å². The van der Waals surface area contributed by atoms with Gasteiger partial charge in [-0.25, -0.2) is 0 Å². The molecule has 1 N–H and O–H groups in total. The molecule has 5 heteroatoms. The average Bonchev–Trinajstić information content (AvgIpc) is 2.67. The number of aliphatic hydroxyl groups is 1. The monoisotopic (exact) mass is 372 g/mol. The molecule has 3 atom stereocenters. The van der Waals surface area contributed by atoms with Gasteiger partial charge in [-0.15, -0.1) is 0 Å². The second kappa shape index (κ2) is 7.39. The van der Waals surface area contributed by atoms with Crippen molar-refractivity contribution in [2.75, 3.05) is 21.3 Å². The minimum absolute atomic E-state index is 0.000845. The number of fused-ring (bicyclic) bond motifs is 1. The molecule has 27 heavy (non-hydrogen) atoms. The van der Waals surface area contributed by atoms with Crippen LogP contribution in [0.2, 0.25) is 0 Å². The lowest BCUT2D eigenvalue weighted by Gasteiger charge is -2.48. The summed E-state index contributed by atoms with van der Waals surface area (Å²) < 4.78 is 16.3. The highest BCUT2D eigenvalue weighted by Crippen LogP contribution is 2.52. The Bertz CT molecular complexity index is 807. The number of ether oxygens (including phenoxy) is 3. The van der Waals surface area contributed by atoms with Crippen molar-refractivity contribution in [2.24, 2.45) is 11.3 Å². The summed E-state index contributed by atoms with van der Waals surface area (Å²) in [7, 11) is 4.69. The number of allylic oxidation sites excluding steroid dienone is 2. The lowest BCUT2D eigenvalue weighted by Crippen LogP contribution is -2.46. The zero-order valence-corrected chi connectivity index (χ0v) is 16.7. The van der Waals surface area contributed by atoms with E-state index in [1.54, 1.807) is 33.5 Å². The van der Waals surface area contributed by atoms with Gasteiger partial charge in [0.1, 0.15) is 0 Å². The van der Waals surface area contributed by atoms with Crippen molar-refractivity contribution in [2.45, 2.75) is 39.2 Å². The third-order valence-corrected chi connectivity index (χ3v) is 6.31. The van der Waals surface area contributed by atoms with E-state index in [1.807, 2.05) is 19.1 Å². The van der Waals surface area contributed by atoms with Gasteiger partial charge in [-0.1, -0.05) is 19.4 Å². The van der Waals surface area contributed by atoms with Crippen LogP contribution in [0.5, 0.6) is 17.2 Å². The normalized spacial score (nSPS) is 29.2. The molecule has 0 heterocycles. The van der Waals surface area contributed by atoms with E-state index >= 15 is 0 Å². The number of hydrogen-bond acceptors (Lipinski definition) is 5. The van der Waals surface area contributed by atoms with Crippen LogP contribution >= 0.6 is 0 Å². The molecule has 2 aliphatic carbocycles. The summed E-state index contributed by atoms with van der Waals surface area (Å²) in [6.45, 7) is 4.10. The van der Waals surface area contributed by atoms with Crippen molar-refractivity contribution >= 4 is 11.9 Å². The summed E-state index contributed by atoms with van der Waals surface area (Å²) in [5.74, 6) is 1.48. The first kappa shape index (κ1) is 19.5. The third-order valence-electron chi connectivity index (χ3n) is 6.31. The van der Waals surface area contributed by atoms with Crippen molar-refractivity contribution < 1.29 is 24.1 Å². The molecule has 0 unspecified atom stereocenters. The minimum Gasteiger partial charge on any atom is -0.493 e. The number of carbonyl (C=O) groups is 1. The molecule has 1 aromatic rings. The van der Waals surface area contributed by atoms with Crippen LogP contribution in [0.3, 0.4) is 0 Å². The number of ketones is 1. The maximum atomic E-state index is 12.9. The van der Waals surface area contributed by atoms with Crippen LogP contribution in [-0.2, 0) is 4.79 Å². The molecule has 0 amide bonds. The van der Waals surface area contributed by atoms with Crippen LogP contribution in [0.4, 0.5) is 0 Å². The van der Waals surface area contributed by atoms with Crippen LogP contribution < -0.4 is 14.2 Å². The molecule has 0 aliphatic heterocycles. The van der Waals surface area contributed by atoms with Crippen LogP contribution in [0.15, 0.2) is 29.4 Å². The summed E-state index contributed by atoms with van der Waals surface area (Å²) in [5.41, 5.74) is 2.07. The molecule has 3 rings (SSSR count). The standard InChI is InChI=1S/C22H28O5/c1-13-16(17(23)12-15-7-6-8-19(24)22(13,15)2)11-14-9-10-18(25-3)21(27-5)20(14)26-4/h9-13,19,24H,6-8H2,1-5H3/b16-11+/t13-,19-,22-/m0/s1. The van der Waals surface area contributed by atoms with Crippen molar-refractivity contribution in [1.29, 1.82) is 0 Å². The third kappa shape index (κ3) is 3.04. The highest BCUT2D eigenvalue weighted by Gasteiger charge is 2.48. The number of benzene rings is 1. The molecular formula is C22H28O5. The van der Waals surface area contributed by atoms with Gasteiger partial charge >= 0.3 is 0 Å². The Hall–Kier alpha value is -2.27. The molecule has 0 radical (unpaired) electrons. The molecule has 5 nitrogen and oxygen atoms in total. The summed E-state index contributed by atoms with van der Waals surface area (Å²) in [5, 5.41) is 10.7. The van der Waals surface area contributed by atoms with Gasteiger partial charge in [-0.3, -0.25) is 4.79 Å². The van der Waals surface area contributed by atoms with E-state index in [-0.39, 0.29) is 11.7 Å². The number of methoxy groups -OCH3 is 3. The highest BCUT2D eigenvalue weighted by molar-refractivity contribution is 6.09. The first-order valence-electron chi connectivity index (χ1n) is 9.32. The van der Waals surface area contributed by atoms with Gasteiger partial charge in [-0.2, -0.15) is 0 Å². The fourth-order valence-corrected chi connectivity index (χ4v) is 4.44. The number of rotatable bonds is 4. The fourth-order valence-electron chi connectivity index (χ4n) is 4.44. The van der Waals surface area contributed by atoms with E-state index in [0.717, 1.165) is 30.4 Å². The molecule has 0 aromatic heterocycles. The van der Waals surface area contributed by atoms with E-state index in [4.69, 9.17) is 14.2 Å². The summed E-state index contributed by atoms with van der Waals surface area (Å²) in [4.78, 5) is 12.9. The Morgan fingerprint density at radius 2 is 1.85 bits per heavy atom. The molecular weight excluding hydrogens is 344 g/mol. The summed E-state index contributed by atoms with van der Waals surface area (Å²) >= 11 is 0. The minimum atomic E-state index is -0.448. The molecule has 0 spiro atoms. The van der Waals surface area contributed by atoms with E-state index < -0.39 is 11.5 Å². The first-order valence-corrected chi connectivity index (χ1v) is 9.32. The lowest BCUT2D eigenvalue weighted by molar-refractivity contribution is -0.113. The zero-order chi connectivity index (χ0) is 19.8. The van der Waals surface area contributed by atoms with Crippen molar-refractivity contribution in [3.05, 3.63) is 34.9 Å². The molecule has 2 aliphatic rings. The van der Waals surface area contributed by atoms with E-state index in [9.17, 15) is 9.90 Å². The Morgan fingerprint density at radius 1 is 1.15 bits per heavy atom. The predicted molar refractivity (Wildman–Crippen MR) is 104 cm³/mol. The maximum Gasteiger partial charge on any atom is 0.203 e. The van der Waals surface area contributed by atoms with E-state index in [1.165, 1.54) is 0 Å². The predicted octanol–water partition coefficient (Wildman–Crippen LogP) is 3.79. The van der Waals surface area contributed by atoms with Crippen LogP contribution in [0, 0.1) is 11.3 Å². The van der Waals surface area contributed by atoms with Gasteiger partial charge in [0, 0.05) is 16.6 Å². The Kier molecular flexibility index (Phi) is 5.33. The second-order valence-corrected chi connectivity index (χ2v) is 7.47. The second-order valence-electron chi connectivity index (χ2n) is 7.47. The summed E-state index contributed by atoms with van der Waals surface area (Å²) in [6, 6.07) is 3.65. The quantitative estimate of drug-likeness (QED) is 0.815. The number of hydrogen-bond donors (Lipinski definition) is 1. The Balaban J connectivity index is 2.12. The molecule has 1 fully saturated rings. The van der Waals surface area contributed by atoms with Gasteiger partial charge in [-0.05, 0) is 49.5 Å². The first-order chi connectivity index (χ1) is 12.9. The van der Waals surface area contributed by atoms with Crippen LogP contribution in [0.25, 0.3) is 6.08 Å². The van der Waals surface area contributed by atoms with Gasteiger partial charge in [0.05, 0.1) is 27.4 Å². The van der Waals surface area contributed by atoms with E-state index in [0.29, 0.717) is 22.8 Å². The lowest BCUT2D eigenvalue weighted by atomic mass is 9.57. The van der Waals surface area contributed by atoms with Crippen molar-refractivity contribution in [3.63, 3.8) is 0 Å².